The van der Waals surface area contributed by atoms with E-state index in [1.54, 1.807) is 0 Å². The number of benzene rings is 2. The third kappa shape index (κ3) is 4.28. The lowest BCUT2D eigenvalue weighted by Crippen LogP contribution is -2.17. The molecular formula is C17H18F2N2O. The van der Waals surface area contributed by atoms with E-state index in [-0.39, 0.29) is 24.6 Å². The maximum absolute atomic E-state index is 13.4. The van der Waals surface area contributed by atoms with Gasteiger partial charge < -0.3 is 10.6 Å². The lowest BCUT2D eigenvalue weighted by Gasteiger charge is -2.10. The minimum absolute atomic E-state index is 0.165. The molecule has 2 N–H and O–H groups in total. The Labute approximate surface area is 128 Å². The van der Waals surface area contributed by atoms with E-state index in [2.05, 4.69) is 10.6 Å². The van der Waals surface area contributed by atoms with Gasteiger partial charge >= 0.3 is 0 Å². The van der Waals surface area contributed by atoms with Crippen molar-refractivity contribution in [1.82, 2.24) is 0 Å². The van der Waals surface area contributed by atoms with Crippen LogP contribution in [-0.2, 0) is 4.79 Å². The molecule has 116 valence electrons. The zero-order chi connectivity index (χ0) is 16.1. The Hall–Kier alpha value is -2.43. The molecule has 1 amide bonds. The fourth-order valence-corrected chi connectivity index (χ4v) is 2.11. The topological polar surface area (TPSA) is 41.1 Å². The number of hydrogen-bond donors (Lipinski definition) is 2. The second kappa shape index (κ2) is 7.02. The summed E-state index contributed by atoms with van der Waals surface area (Å²) in [6.07, 6.45) is 0.185. The van der Waals surface area contributed by atoms with Crippen molar-refractivity contribution < 1.29 is 13.6 Å². The summed E-state index contributed by atoms with van der Waals surface area (Å²) in [5.41, 5.74) is 3.07. The van der Waals surface area contributed by atoms with Crippen LogP contribution in [0.4, 0.5) is 20.2 Å². The summed E-state index contributed by atoms with van der Waals surface area (Å²) in [7, 11) is 0. The molecule has 0 heterocycles. The summed E-state index contributed by atoms with van der Waals surface area (Å²) in [5, 5.41) is 5.59. The molecule has 0 saturated heterocycles. The Morgan fingerprint density at radius 1 is 1.05 bits per heavy atom. The van der Waals surface area contributed by atoms with E-state index >= 15 is 0 Å². The fraction of sp³-hybridized carbons (Fsp3) is 0.235. The summed E-state index contributed by atoms with van der Waals surface area (Å²) >= 11 is 0. The molecule has 0 aliphatic rings. The number of nitrogens with one attached hydrogen (secondary N) is 2. The van der Waals surface area contributed by atoms with Crippen molar-refractivity contribution in [2.24, 2.45) is 0 Å². The molecule has 0 spiro atoms. The first-order valence-electron chi connectivity index (χ1n) is 7.02. The third-order valence-electron chi connectivity index (χ3n) is 3.25. The lowest BCUT2D eigenvalue weighted by atomic mass is 10.1. The van der Waals surface area contributed by atoms with Crippen LogP contribution < -0.4 is 10.6 Å². The van der Waals surface area contributed by atoms with Crippen molar-refractivity contribution in [2.45, 2.75) is 20.3 Å². The van der Waals surface area contributed by atoms with Crippen molar-refractivity contribution in [1.29, 1.82) is 0 Å². The van der Waals surface area contributed by atoms with Gasteiger partial charge in [-0.15, -0.1) is 0 Å². The maximum Gasteiger partial charge on any atom is 0.226 e. The van der Waals surface area contributed by atoms with Gasteiger partial charge in [-0.05, 0) is 37.6 Å². The van der Waals surface area contributed by atoms with Gasteiger partial charge in [0.15, 0.2) is 0 Å². The standard InChI is InChI=1S/C17H18F2N2O/c1-11-3-5-15(12(2)9-11)21-17(22)7-8-20-16-6-4-13(18)10-14(16)19/h3-6,9-10,20H,7-8H2,1-2H3,(H,21,22). The molecule has 0 aromatic heterocycles. The average molecular weight is 304 g/mol. The molecule has 0 fully saturated rings. The summed E-state index contributed by atoms with van der Waals surface area (Å²) in [4.78, 5) is 11.9. The van der Waals surface area contributed by atoms with E-state index < -0.39 is 11.6 Å². The predicted molar refractivity (Wildman–Crippen MR) is 84.0 cm³/mol. The first kappa shape index (κ1) is 15.9. The van der Waals surface area contributed by atoms with Crippen LogP contribution in [-0.4, -0.2) is 12.5 Å². The summed E-state index contributed by atoms with van der Waals surface area (Å²) in [6.45, 7) is 4.17. The number of rotatable bonds is 5. The van der Waals surface area contributed by atoms with Crippen molar-refractivity contribution in [3.8, 4) is 0 Å². The Balaban J connectivity index is 1.85. The van der Waals surface area contributed by atoms with Gasteiger partial charge in [-0.2, -0.15) is 0 Å². The Kier molecular flexibility index (Phi) is 5.09. The van der Waals surface area contributed by atoms with Gasteiger partial charge in [0.1, 0.15) is 11.6 Å². The van der Waals surface area contributed by atoms with Gasteiger partial charge in [0.2, 0.25) is 5.91 Å². The molecule has 3 nitrogen and oxygen atoms in total. The van der Waals surface area contributed by atoms with E-state index in [0.29, 0.717) is 0 Å². The molecule has 0 saturated carbocycles. The highest BCUT2D eigenvalue weighted by atomic mass is 19.1. The third-order valence-corrected chi connectivity index (χ3v) is 3.25. The Morgan fingerprint density at radius 3 is 2.45 bits per heavy atom. The minimum Gasteiger partial charge on any atom is -0.382 e. The second-order valence-corrected chi connectivity index (χ2v) is 5.17. The molecule has 0 aliphatic heterocycles. The molecule has 0 radical (unpaired) electrons. The van der Waals surface area contributed by atoms with Gasteiger partial charge in [0.05, 0.1) is 5.69 Å². The molecule has 0 unspecified atom stereocenters. The zero-order valence-corrected chi connectivity index (χ0v) is 12.5. The average Bonchev–Trinajstić information content (AvgIpc) is 2.44. The summed E-state index contributed by atoms with van der Waals surface area (Å²) in [6, 6.07) is 9.05. The molecule has 22 heavy (non-hydrogen) atoms. The van der Waals surface area contributed by atoms with Gasteiger partial charge in [0, 0.05) is 24.7 Å². The molecular weight excluding hydrogens is 286 g/mol. The quantitative estimate of drug-likeness (QED) is 0.876. The number of carbonyl (C=O) groups is 1. The van der Waals surface area contributed by atoms with E-state index in [0.717, 1.165) is 22.9 Å². The zero-order valence-electron chi connectivity index (χ0n) is 12.5. The van der Waals surface area contributed by atoms with Crippen molar-refractivity contribution in [2.75, 3.05) is 17.2 Å². The van der Waals surface area contributed by atoms with Crippen LogP contribution in [0.1, 0.15) is 17.5 Å². The van der Waals surface area contributed by atoms with E-state index in [1.807, 2.05) is 32.0 Å². The highest BCUT2D eigenvalue weighted by Crippen LogP contribution is 2.17. The molecule has 5 heteroatoms. The predicted octanol–water partition coefficient (Wildman–Crippen LogP) is 4.02. The second-order valence-electron chi connectivity index (χ2n) is 5.17. The molecule has 2 aromatic rings. The number of carbonyl (C=O) groups excluding carboxylic acids is 1. The summed E-state index contributed by atoms with van der Waals surface area (Å²) < 4.78 is 26.2. The van der Waals surface area contributed by atoms with E-state index in [9.17, 15) is 13.6 Å². The first-order valence-corrected chi connectivity index (χ1v) is 7.02. The van der Waals surface area contributed by atoms with Crippen LogP contribution in [0.5, 0.6) is 0 Å². The fourth-order valence-electron chi connectivity index (χ4n) is 2.11. The molecule has 2 rings (SSSR count). The van der Waals surface area contributed by atoms with Crippen LogP contribution >= 0.6 is 0 Å². The van der Waals surface area contributed by atoms with Crippen LogP contribution in [0.15, 0.2) is 36.4 Å². The van der Waals surface area contributed by atoms with Crippen LogP contribution in [0.25, 0.3) is 0 Å². The van der Waals surface area contributed by atoms with Gasteiger partial charge in [-0.3, -0.25) is 4.79 Å². The summed E-state index contributed by atoms with van der Waals surface area (Å²) in [5.74, 6) is -1.47. The highest BCUT2D eigenvalue weighted by molar-refractivity contribution is 5.91. The van der Waals surface area contributed by atoms with Crippen molar-refractivity contribution in [3.05, 3.63) is 59.2 Å². The van der Waals surface area contributed by atoms with Crippen molar-refractivity contribution in [3.63, 3.8) is 0 Å². The SMILES string of the molecule is Cc1ccc(NC(=O)CCNc2ccc(F)cc2F)c(C)c1. The Morgan fingerprint density at radius 2 is 1.77 bits per heavy atom. The normalized spacial score (nSPS) is 10.4. The van der Waals surface area contributed by atoms with Crippen LogP contribution in [0.2, 0.25) is 0 Å². The van der Waals surface area contributed by atoms with Crippen LogP contribution in [0.3, 0.4) is 0 Å². The van der Waals surface area contributed by atoms with Crippen molar-refractivity contribution >= 4 is 17.3 Å². The minimum atomic E-state index is -0.671. The molecule has 0 atom stereocenters. The van der Waals surface area contributed by atoms with Gasteiger partial charge in [0.25, 0.3) is 0 Å². The molecule has 2 aromatic carbocycles. The number of amides is 1. The maximum atomic E-state index is 13.4. The smallest absolute Gasteiger partial charge is 0.226 e. The molecule has 0 bridgehead atoms. The molecule has 0 aliphatic carbocycles. The van der Waals surface area contributed by atoms with Gasteiger partial charge in [-0.25, -0.2) is 8.78 Å². The number of anilines is 2. The van der Waals surface area contributed by atoms with E-state index in [4.69, 9.17) is 0 Å². The number of halogens is 2. The highest BCUT2D eigenvalue weighted by Gasteiger charge is 2.07. The number of hydrogen-bond acceptors (Lipinski definition) is 2. The van der Waals surface area contributed by atoms with Crippen LogP contribution in [0, 0.1) is 25.5 Å². The van der Waals surface area contributed by atoms with Gasteiger partial charge in [-0.1, -0.05) is 17.7 Å². The Bertz CT molecular complexity index is 686. The number of aryl methyl sites for hydroxylation is 2. The monoisotopic (exact) mass is 304 g/mol. The van der Waals surface area contributed by atoms with E-state index in [1.165, 1.54) is 12.1 Å². The first-order chi connectivity index (χ1) is 10.5. The largest absolute Gasteiger partial charge is 0.382 e. The lowest BCUT2D eigenvalue weighted by molar-refractivity contribution is -0.115.